The standard InChI is InChI=1S/C25H26N4O5S/c1-16(2)34-23(30)15-35-25-28-27-22(29(25)18-11-19(31-3)13-20(12-18)32-4)14-33-21-9-5-7-17-8-6-10-26-24(17)21/h5-13,16H,14-15H2,1-4H3. The summed E-state index contributed by atoms with van der Waals surface area (Å²) in [5.41, 5.74) is 1.47. The van der Waals surface area contributed by atoms with Crippen LogP contribution in [0.4, 0.5) is 0 Å². The molecular weight excluding hydrogens is 468 g/mol. The number of carbonyl (C=O) groups excluding carboxylic acids is 1. The van der Waals surface area contributed by atoms with E-state index in [0.717, 1.165) is 10.9 Å². The molecule has 2 aromatic carbocycles. The molecule has 0 bridgehead atoms. The quantitative estimate of drug-likeness (QED) is 0.234. The molecule has 4 aromatic rings. The van der Waals surface area contributed by atoms with Gasteiger partial charge in [0.25, 0.3) is 0 Å². The first-order chi connectivity index (χ1) is 17.0. The summed E-state index contributed by atoms with van der Waals surface area (Å²) in [6, 6.07) is 15.1. The van der Waals surface area contributed by atoms with E-state index in [1.807, 2.05) is 60.9 Å². The average molecular weight is 495 g/mol. The lowest BCUT2D eigenvalue weighted by Gasteiger charge is -2.14. The number of methoxy groups -OCH3 is 2. The molecule has 0 saturated carbocycles. The maximum absolute atomic E-state index is 12.1. The number of carbonyl (C=O) groups is 1. The van der Waals surface area contributed by atoms with Gasteiger partial charge in [0.05, 0.1) is 31.8 Å². The van der Waals surface area contributed by atoms with Gasteiger partial charge in [-0.2, -0.15) is 0 Å². The van der Waals surface area contributed by atoms with Gasteiger partial charge in [0.1, 0.15) is 29.4 Å². The van der Waals surface area contributed by atoms with E-state index < -0.39 is 0 Å². The van der Waals surface area contributed by atoms with E-state index in [1.165, 1.54) is 11.8 Å². The molecule has 0 fully saturated rings. The van der Waals surface area contributed by atoms with Crippen LogP contribution in [0.3, 0.4) is 0 Å². The summed E-state index contributed by atoms with van der Waals surface area (Å²) in [6.07, 6.45) is 1.53. The van der Waals surface area contributed by atoms with Gasteiger partial charge in [-0.15, -0.1) is 10.2 Å². The Kier molecular flexibility index (Phi) is 7.71. The van der Waals surface area contributed by atoms with Crippen molar-refractivity contribution in [3.8, 4) is 22.9 Å². The monoisotopic (exact) mass is 494 g/mol. The Balaban J connectivity index is 1.67. The van der Waals surface area contributed by atoms with Crippen molar-refractivity contribution in [2.75, 3.05) is 20.0 Å². The van der Waals surface area contributed by atoms with Gasteiger partial charge in [0.2, 0.25) is 0 Å². The third-order valence-electron chi connectivity index (χ3n) is 4.93. The van der Waals surface area contributed by atoms with Crippen LogP contribution in [0.25, 0.3) is 16.6 Å². The fraction of sp³-hybridized carbons (Fsp3) is 0.280. The molecule has 10 heteroatoms. The third kappa shape index (κ3) is 5.83. The normalized spacial score (nSPS) is 11.0. The van der Waals surface area contributed by atoms with Gasteiger partial charge >= 0.3 is 5.97 Å². The number of rotatable bonds is 10. The third-order valence-corrected chi connectivity index (χ3v) is 5.84. The van der Waals surface area contributed by atoms with Crippen LogP contribution in [-0.2, 0) is 16.1 Å². The van der Waals surface area contributed by atoms with Gasteiger partial charge in [-0.1, -0.05) is 30.0 Å². The van der Waals surface area contributed by atoms with Crippen molar-refractivity contribution in [1.82, 2.24) is 19.7 Å². The summed E-state index contributed by atoms with van der Waals surface area (Å²) >= 11 is 1.23. The number of esters is 1. The number of aromatic nitrogens is 4. The molecule has 2 aromatic heterocycles. The Bertz CT molecular complexity index is 1300. The summed E-state index contributed by atoms with van der Waals surface area (Å²) in [7, 11) is 3.17. The highest BCUT2D eigenvalue weighted by atomic mass is 32.2. The number of para-hydroxylation sites is 1. The fourth-order valence-electron chi connectivity index (χ4n) is 3.42. The highest BCUT2D eigenvalue weighted by molar-refractivity contribution is 7.99. The number of benzene rings is 2. The van der Waals surface area contributed by atoms with E-state index in [1.54, 1.807) is 26.5 Å². The maximum Gasteiger partial charge on any atom is 0.316 e. The molecule has 0 spiro atoms. The maximum atomic E-state index is 12.1. The zero-order valence-electron chi connectivity index (χ0n) is 19.9. The summed E-state index contributed by atoms with van der Waals surface area (Å²) < 4.78 is 24.1. The number of hydrogen-bond acceptors (Lipinski definition) is 9. The molecule has 0 radical (unpaired) electrons. The molecule has 0 atom stereocenters. The number of thioether (sulfide) groups is 1. The Morgan fingerprint density at radius 2 is 1.77 bits per heavy atom. The Morgan fingerprint density at radius 3 is 2.49 bits per heavy atom. The largest absolute Gasteiger partial charge is 0.497 e. The molecule has 0 aliphatic rings. The molecule has 2 heterocycles. The van der Waals surface area contributed by atoms with Crippen LogP contribution in [0.2, 0.25) is 0 Å². The van der Waals surface area contributed by atoms with Crippen molar-refractivity contribution in [1.29, 1.82) is 0 Å². The number of hydrogen-bond donors (Lipinski definition) is 0. The van der Waals surface area contributed by atoms with E-state index in [4.69, 9.17) is 18.9 Å². The number of ether oxygens (including phenoxy) is 4. The minimum Gasteiger partial charge on any atom is -0.497 e. The van der Waals surface area contributed by atoms with Crippen LogP contribution in [0.1, 0.15) is 19.7 Å². The van der Waals surface area contributed by atoms with Gasteiger partial charge in [-0.25, -0.2) is 0 Å². The Labute approximate surface area is 207 Å². The van der Waals surface area contributed by atoms with Crippen LogP contribution in [0.5, 0.6) is 17.2 Å². The molecule has 0 aliphatic heterocycles. The van der Waals surface area contributed by atoms with Gasteiger partial charge in [0.15, 0.2) is 11.0 Å². The van der Waals surface area contributed by atoms with Gasteiger partial charge in [0, 0.05) is 29.8 Å². The van der Waals surface area contributed by atoms with Crippen molar-refractivity contribution in [3.05, 3.63) is 60.6 Å². The summed E-state index contributed by atoms with van der Waals surface area (Å²) in [5.74, 6) is 2.14. The lowest BCUT2D eigenvalue weighted by Crippen LogP contribution is -2.14. The lowest BCUT2D eigenvalue weighted by molar-refractivity contribution is -0.144. The van der Waals surface area contributed by atoms with Crippen LogP contribution < -0.4 is 14.2 Å². The highest BCUT2D eigenvalue weighted by Gasteiger charge is 2.19. The number of nitrogens with zero attached hydrogens (tertiary/aromatic N) is 4. The first-order valence-electron chi connectivity index (χ1n) is 10.9. The minimum absolute atomic E-state index is 0.0888. The molecule has 0 N–H and O–H groups in total. The Morgan fingerprint density at radius 1 is 1.03 bits per heavy atom. The smallest absolute Gasteiger partial charge is 0.316 e. The van der Waals surface area contributed by atoms with Crippen LogP contribution in [0, 0.1) is 0 Å². The Hall–Kier alpha value is -3.79. The number of pyridine rings is 1. The van der Waals surface area contributed by atoms with Crippen molar-refractivity contribution in [3.63, 3.8) is 0 Å². The van der Waals surface area contributed by atoms with Crippen LogP contribution in [-0.4, -0.2) is 51.8 Å². The van der Waals surface area contributed by atoms with E-state index in [2.05, 4.69) is 15.2 Å². The van der Waals surface area contributed by atoms with Crippen molar-refractivity contribution in [2.24, 2.45) is 0 Å². The van der Waals surface area contributed by atoms with Gasteiger partial charge < -0.3 is 18.9 Å². The molecule has 0 unspecified atom stereocenters. The lowest BCUT2D eigenvalue weighted by atomic mass is 10.2. The van der Waals surface area contributed by atoms with Crippen LogP contribution >= 0.6 is 11.8 Å². The van der Waals surface area contributed by atoms with E-state index in [-0.39, 0.29) is 24.4 Å². The summed E-state index contributed by atoms with van der Waals surface area (Å²) in [4.78, 5) is 16.6. The van der Waals surface area contributed by atoms with Gasteiger partial charge in [-0.3, -0.25) is 14.3 Å². The first kappa shape index (κ1) is 24.3. The second kappa shape index (κ2) is 11.1. The SMILES string of the molecule is COc1cc(OC)cc(-n2c(COc3cccc4cccnc34)nnc2SCC(=O)OC(C)C)c1. The van der Waals surface area contributed by atoms with Crippen molar-refractivity contribution in [2.45, 2.75) is 31.7 Å². The summed E-state index contributed by atoms with van der Waals surface area (Å²) in [5, 5.41) is 10.2. The molecule has 35 heavy (non-hydrogen) atoms. The molecular formula is C25H26N4O5S. The predicted molar refractivity (Wildman–Crippen MR) is 132 cm³/mol. The molecule has 0 amide bonds. The zero-order valence-corrected chi connectivity index (χ0v) is 20.7. The number of fused-ring (bicyclic) bond motifs is 1. The second-order valence-electron chi connectivity index (χ2n) is 7.75. The summed E-state index contributed by atoms with van der Waals surface area (Å²) in [6.45, 7) is 3.75. The minimum atomic E-state index is -0.331. The zero-order chi connectivity index (χ0) is 24.8. The van der Waals surface area contributed by atoms with E-state index in [0.29, 0.717) is 33.9 Å². The average Bonchev–Trinajstić information content (AvgIpc) is 3.28. The molecule has 0 saturated heterocycles. The molecule has 4 rings (SSSR count). The second-order valence-corrected chi connectivity index (χ2v) is 8.69. The topological polar surface area (TPSA) is 97.6 Å². The van der Waals surface area contributed by atoms with Crippen molar-refractivity contribution < 1.29 is 23.7 Å². The molecule has 9 nitrogen and oxygen atoms in total. The molecule has 182 valence electrons. The van der Waals surface area contributed by atoms with Crippen LogP contribution in [0.15, 0.2) is 59.9 Å². The highest BCUT2D eigenvalue weighted by Crippen LogP contribution is 2.30. The van der Waals surface area contributed by atoms with E-state index >= 15 is 0 Å². The van der Waals surface area contributed by atoms with Crippen molar-refractivity contribution >= 4 is 28.6 Å². The predicted octanol–water partition coefficient (Wildman–Crippen LogP) is 4.46. The fourth-order valence-corrected chi connectivity index (χ4v) is 4.18. The molecule has 0 aliphatic carbocycles. The van der Waals surface area contributed by atoms with Gasteiger partial charge in [-0.05, 0) is 26.0 Å². The first-order valence-corrected chi connectivity index (χ1v) is 11.9. The van der Waals surface area contributed by atoms with E-state index in [9.17, 15) is 4.79 Å².